The van der Waals surface area contributed by atoms with Crippen LogP contribution in [0.4, 0.5) is 5.82 Å². The second-order valence-electron chi connectivity index (χ2n) is 4.50. The summed E-state index contributed by atoms with van der Waals surface area (Å²) in [5.41, 5.74) is 0.851. The number of halogens is 1. The fourth-order valence-corrected chi connectivity index (χ4v) is 2.03. The van der Waals surface area contributed by atoms with Crippen LogP contribution < -0.4 is 10.2 Å². The van der Waals surface area contributed by atoms with Gasteiger partial charge >= 0.3 is 0 Å². The molecule has 0 radical (unpaired) electrons. The number of pyridine rings is 1. The summed E-state index contributed by atoms with van der Waals surface area (Å²) in [6.45, 7) is 3.27. The Labute approximate surface area is 118 Å². The van der Waals surface area contributed by atoms with Gasteiger partial charge in [0.2, 0.25) is 0 Å². The highest BCUT2D eigenvalue weighted by Crippen LogP contribution is 2.20. The van der Waals surface area contributed by atoms with Crippen molar-refractivity contribution in [3.05, 3.63) is 46.5 Å². The fraction of sp³-hybridized carbons (Fsp3) is 0.357. The van der Waals surface area contributed by atoms with Crippen molar-refractivity contribution in [1.82, 2.24) is 10.3 Å². The van der Waals surface area contributed by atoms with E-state index in [0.717, 1.165) is 23.0 Å². The van der Waals surface area contributed by atoms with Crippen LogP contribution >= 0.6 is 11.6 Å². The van der Waals surface area contributed by atoms with Gasteiger partial charge in [-0.05, 0) is 38.2 Å². The summed E-state index contributed by atoms with van der Waals surface area (Å²) < 4.78 is 5.57. The predicted molar refractivity (Wildman–Crippen MR) is 77.6 cm³/mol. The molecule has 2 aromatic heterocycles. The highest BCUT2D eigenvalue weighted by Gasteiger charge is 2.09. The van der Waals surface area contributed by atoms with Gasteiger partial charge in [0.05, 0.1) is 17.3 Å². The van der Waals surface area contributed by atoms with Crippen molar-refractivity contribution in [2.24, 2.45) is 0 Å². The number of nitrogens with zero attached hydrogens (tertiary/aromatic N) is 2. The molecule has 2 aromatic rings. The quantitative estimate of drug-likeness (QED) is 0.914. The minimum Gasteiger partial charge on any atom is -0.464 e. The van der Waals surface area contributed by atoms with Crippen molar-refractivity contribution in [1.29, 1.82) is 0 Å². The molecule has 0 aliphatic heterocycles. The third-order valence-electron chi connectivity index (χ3n) is 2.83. The van der Waals surface area contributed by atoms with Gasteiger partial charge in [-0.1, -0.05) is 11.6 Å². The van der Waals surface area contributed by atoms with Crippen molar-refractivity contribution >= 4 is 17.4 Å². The average Bonchev–Trinajstić information content (AvgIpc) is 2.77. The molecule has 4 nitrogen and oxygen atoms in total. The van der Waals surface area contributed by atoms with Gasteiger partial charge in [0.1, 0.15) is 17.3 Å². The number of aromatic nitrogens is 1. The van der Waals surface area contributed by atoms with Gasteiger partial charge in [-0.15, -0.1) is 0 Å². The molecular formula is C14H18ClN3O. The van der Waals surface area contributed by atoms with E-state index in [0.29, 0.717) is 18.1 Å². The Morgan fingerprint density at radius 1 is 1.32 bits per heavy atom. The molecule has 1 N–H and O–H groups in total. The number of hydrogen-bond acceptors (Lipinski definition) is 4. The number of hydrogen-bond donors (Lipinski definition) is 1. The molecule has 2 heterocycles. The lowest BCUT2D eigenvalue weighted by molar-refractivity contribution is 0.481. The van der Waals surface area contributed by atoms with Gasteiger partial charge in [0.25, 0.3) is 0 Å². The molecule has 0 aromatic carbocycles. The third-order valence-corrected chi connectivity index (χ3v) is 3.17. The van der Waals surface area contributed by atoms with Crippen molar-refractivity contribution in [2.75, 3.05) is 19.0 Å². The molecule has 5 heteroatoms. The van der Waals surface area contributed by atoms with Crippen molar-refractivity contribution < 1.29 is 4.42 Å². The summed E-state index contributed by atoms with van der Waals surface area (Å²) in [5.74, 6) is 2.72. The molecular weight excluding hydrogens is 262 g/mol. The second-order valence-corrected chi connectivity index (χ2v) is 4.90. The molecule has 0 fully saturated rings. The van der Waals surface area contributed by atoms with Crippen LogP contribution in [0.1, 0.15) is 17.2 Å². The van der Waals surface area contributed by atoms with E-state index in [1.807, 2.05) is 50.2 Å². The maximum atomic E-state index is 6.10. The maximum absolute atomic E-state index is 6.10. The van der Waals surface area contributed by atoms with Crippen molar-refractivity contribution in [3.8, 4) is 0 Å². The number of aryl methyl sites for hydroxylation is 1. The number of anilines is 1. The van der Waals surface area contributed by atoms with E-state index < -0.39 is 0 Å². The number of furan rings is 1. The molecule has 0 unspecified atom stereocenters. The highest BCUT2D eigenvalue weighted by atomic mass is 35.5. The summed E-state index contributed by atoms with van der Waals surface area (Å²) >= 11 is 6.10. The van der Waals surface area contributed by atoms with Crippen LogP contribution in [0, 0.1) is 6.92 Å². The summed E-state index contributed by atoms with van der Waals surface area (Å²) in [6.07, 6.45) is 0. The first-order valence-electron chi connectivity index (χ1n) is 6.16. The normalized spacial score (nSPS) is 10.7. The van der Waals surface area contributed by atoms with Gasteiger partial charge in [0.15, 0.2) is 0 Å². The standard InChI is InChI=1S/C14H18ClN3O/c1-10-4-5-11(19-10)9-18(3)14-7-6-12(15)13(17-14)8-16-2/h4-7,16H,8-9H2,1-3H3. The molecule has 0 amide bonds. The first-order chi connectivity index (χ1) is 9.10. The average molecular weight is 280 g/mol. The Bertz CT molecular complexity index is 553. The zero-order valence-corrected chi connectivity index (χ0v) is 12.2. The SMILES string of the molecule is CNCc1nc(N(C)Cc2ccc(C)o2)ccc1Cl. The fourth-order valence-electron chi connectivity index (χ4n) is 1.86. The smallest absolute Gasteiger partial charge is 0.129 e. The lowest BCUT2D eigenvalue weighted by Crippen LogP contribution is -2.18. The molecule has 0 atom stereocenters. The predicted octanol–water partition coefficient (Wildman–Crippen LogP) is 2.99. The van der Waals surface area contributed by atoms with E-state index in [2.05, 4.69) is 10.3 Å². The minimum absolute atomic E-state index is 0.653. The topological polar surface area (TPSA) is 41.3 Å². The molecule has 2 rings (SSSR count). The Morgan fingerprint density at radius 2 is 2.11 bits per heavy atom. The van der Waals surface area contributed by atoms with Crippen LogP contribution in [0.15, 0.2) is 28.7 Å². The van der Waals surface area contributed by atoms with Crippen LogP contribution in [0.25, 0.3) is 0 Å². The first-order valence-corrected chi connectivity index (χ1v) is 6.54. The summed E-state index contributed by atoms with van der Waals surface area (Å²) in [7, 11) is 3.86. The van der Waals surface area contributed by atoms with Gasteiger partial charge < -0.3 is 14.6 Å². The number of nitrogens with one attached hydrogen (secondary N) is 1. The van der Waals surface area contributed by atoms with Crippen LogP contribution in [-0.4, -0.2) is 19.1 Å². The third kappa shape index (κ3) is 3.49. The number of rotatable bonds is 5. The van der Waals surface area contributed by atoms with Gasteiger partial charge in [-0.25, -0.2) is 4.98 Å². The van der Waals surface area contributed by atoms with Crippen LogP contribution in [0.3, 0.4) is 0 Å². The van der Waals surface area contributed by atoms with E-state index in [1.165, 1.54) is 0 Å². The van der Waals surface area contributed by atoms with E-state index in [4.69, 9.17) is 16.0 Å². The summed E-state index contributed by atoms with van der Waals surface area (Å²) in [5, 5.41) is 3.74. The molecule has 19 heavy (non-hydrogen) atoms. The first kappa shape index (κ1) is 13.9. The van der Waals surface area contributed by atoms with Crippen LogP contribution in [0.2, 0.25) is 5.02 Å². The Morgan fingerprint density at radius 3 is 2.74 bits per heavy atom. The highest BCUT2D eigenvalue weighted by molar-refractivity contribution is 6.31. The minimum atomic E-state index is 0.653. The zero-order chi connectivity index (χ0) is 13.8. The lowest BCUT2D eigenvalue weighted by atomic mass is 10.3. The Kier molecular flexibility index (Phi) is 4.45. The van der Waals surface area contributed by atoms with E-state index in [9.17, 15) is 0 Å². The van der Waals surface area contributed by atoms with Crippen molar-refractivity contribution in [3.63, 3.8) is 0 Å². The monoisotopic (exact) mass is 279 g/mol. The van der Waals surface area contributed by atoms with Crippen LogP contribution in [0.5, 0.6) is 0 Å². The summed E-state index contributed by atoms with van der Waals surface area (Å²) in [6, 6.07) is 7.74. The zero-order valence-electron chi connectivity index (χ0n) is 11.4. The van der Waals surface area contributed by atoms with Gasteiger partial charge in [-0.3, -0.25) is 0 Å². The Balaban J connectivity index is 2.14. The van der Waals surface area contributed by atoms with E-state index >= 15 is 0 Å². The van der Waals surface area contributed by atoms with Crippen molar-refractivity contribution in [2.45, 2.75) is 20.0 Å². The second kappa shape index (κ2) is 6.08. The molecule has 0 saturated carbocycles. The van der Waals surface area contributed by atoms with Gasteiger partial charge in [0, 0.05) is 13.6 Å². The Hall–Kier alpha value is -1.52. The van der Waals surface area contributed by atoms with Gasteiger partial charge in [-0.2, -0.15) is 0 Å². The summed E-state index contributed by atoms with van der Waals surface area (Å²) in [4.78, 5) is 6.59. The largest absolute Gasteiger partial charge is 0.464 e. The van der Waals surface area contributed by atoms with E-state index in [-0.39, 0.29) is 0 Å². The molecule has 0 bridgehead atoms. The molecule has 0 aliphatic rings. The van der Waals surface area contributed by atoms with Crippen LogP contribution in [-0.2, 0) is 13.1 Å². The molecule has 0 aliphatic carbocycles. The lowest BCUT2D eigenvalue weighted by Gasteiger charge is -2.18. The molecule has 0 spiro atoms. The molecule has 0 saturated heterocycles. The maximum Gasteiger partial charge on any atom is 0.129 e. The van der Waals surface area contributed by atoms with E-state index in [1.54, 1.807) is 0 Å². The molecule has 102 valence electrons.